The highest BCUT2D eigenvalue weighted by atomic mass is 28.3. The predicted molar refractivity (Wildman–Crippen MR) is 115 cm³/mol. The number of methoxy groups -OCH3 is 1. The number of nitrogens with one attached hydrogen (secondary N) is 1. The lowest BCUT2D eigenvalue weighted by Crippen LogP contribution is -2.42. The third kappa shape index (κ3) is 6.25. The van der Waals surface area contributed by atoms with Crippen LogP contribution < -0.4 is 15.2 Å². The molecule has 2 aromatic rings. The number of ketones is 1. The Bertz CT molecular complexity index is 828. The number of aliphatic hydroxyl groups excluding tert-OH is 2. The van der Waals surface area contributed by atoms with Crippen molar-refractivity contribution in [2.75, 3.05) is 13.7 Å². The van der Waals surface area contributed by atoms with Crippen LogP contribution in [0.5, 0.6) is 5.75 Å². The molecule has 156 valence electrons. The summed E-state index contributed by atoms with van der Waals surface area (Å²) in [6.07, 6.45) is -1.45. The Morgan fingerprint density at radius 2 is 1.62 bits per heavy atom. The molecule has 2 rings (SSSR count). The van der Waals surface area contributed by atoms with Crippen LogP contribution in [0.15, 0.2) is 48.5 Å². The quantitative estimate of drug-likeness (QED) is 0.540. The summed E-state index contributed by atoms with van der Waals surface area (Å²) >= 11 is 0. The van der Waals surface area contributed by atoms with Gasteiger partial charge in [-0.25, -0.2) is 0 Å². The first-order valence-electron chi connectivity index (χ1n) is 9.51. The van der Waals surface area contributed by atoms with Gasteiger partial charge < -0.3 is 20.3 Å². The zero-order chi connectivity index (χ0) is 21.6. The standard InChI is InChI=1S/C22H29NO5Si/c1-28-17-9-7-16(8-10-17)21(23-22(27)20(26)14-24)19(25)13-15-5-11-18(12-6-15)29(2,3)4/h5-12,20-21,24,26H,13-14H2,1-4H3,(H,23,27). The van der Waals surface area contributed by atoms with E-state index in [1.54, 1.807) is 31.4 Å². The first-order chi connectivity index (χ1) is 13.7. The minimum atomic E-state index is -1.58. The molecule has 29 heavy (non-hydrogen) atoms. The maximum absolute atomic E-state index is 13.0. The number of ether oxygens (including phenoxy) is 1. The molecule has 3 N–H and O–H groups in total. The molecule has 0 aliphatic heterocycles. The SMILES string of the molecule is COc1ccc(C(NC(=O)C(O)CO)C(=O)Cc2ccc([Si](C)(C)C)cc2)cc1. The molecule has 0 radical (unpaired) electrons. The monoisotopic (exact) mass is 415 g/mol. The van der Waals surface area contributed by atoms with Crippen LogP contribution in [0.25, 0.3) is 0 Å². The predicted octanol–water partition coefficient (Wildman–Crippen LogP) is 1.56. The van der Waals surface area contributed by atoms with Gasteiger partial charge in [0.25, 0.3) is 5.91 Å². The number of aliphatic hydroxyl groups is 2. The Kier molecular flexibility index (Phi) is 7.72. The molecule has 2 aromatic carbocycles. The number of amides is 1. The Labute approximate surface area is 172 Å². The Hall–Kier alpha value is -2.48. The van der Waals surface area contributed by atoms with Gasteiger partial charge in [-0.3, -0.25) is 9.59 Å². The van der Waals surface area contributed by atoms with Crippen molar-refractivity contribution in [2.45, 2.75) is 38.2 Å². The minimum absolute atomic E-state index is 0.137. The molecule has 6 nitrogen and oxygen atoms in total. The summed E-state index contributed by atoms with van der Waals surface area (Å²) in [7, 11) is 0.119. The van der Waals surface area contributed by atoms with E-state index in [1.165, 1.54) is 5.19 Å². The third-order valence-corrected chi connectivity index (χ3v) is 6.80. The van der Waals surface area contributed by atoms with Crippen molar-refractivity contribution >= 4 is 25.0 Å². The summed E-state index contributed by atoms with van der Waals surface area (Å²) in [6, 6.07) is 13.9. The average Bonchev–Trinajstić information content (AvgIpc) is 2.71. The second-order valence-electron chi connectivity index (χ2n) is 8.00. The van der Waals surface area contributed by atoms with Crippen LogP contribution in [0.2, 0.25) is 19.6 Å². The van der Waals surface area contributed by atoms with Crippen molar-refractivity contribution in [3.8, 4) is 5.75 Å². The molecule has 0 saturated heterocycles. The maximum atomic E-state index is 13.0. The fourth-order valence-electron chi connectivity index (χ4n) is 2.89. The van der Waals surface area contributed by atoms with E-state index in [9.17, 15) is 14.7 Å². The lowest BCUT2D eigenvalue weighted by atomic mass is 9.97. The van der Waals surface area contributed by atoms with Crippen LogP contribution in [0.4, 0.5) is 0 Å². The summed E-state index contributed by atoms with van der Waals surface area (Å²) in [5.74, 6) is -0.381. The van der Waals surface area contributed by atoms with Gasteiger partial charge in [0.05, 0.1) is 21.8 Å². The molecule has 0 heterocycles. The Morgan fingerprint density at radius 3 is 2.10 bits per heavy atom. The van der Waals surface area contributed by atoms with Gasteiger partial charge in [0.2, 0.25) is 0 Å². The van der Waals surface area contributed by atoms with Gasteiger partial charge in [-0.15, -0.1) is 0 Å². The Morgan fingerprint density at radius 1 is 1.03 bits per heavy atom. The first kappa shape index (κ1) is 22.8. The highest BCUT2D eigenvalue weighted by Crippen LogP contribution is 2.20. The van der Waals surface area contributed by atoms with Crippen molar-refractivity contribution in [3.63, 3.8) is 0 Å². The lowest BCUT2D eigenvalue weighted by Gasteiger charge is -2.20. The molecule has 1 amide bonds. The van der Waals surface area contributed by atoms with E-state index in [-0.39, 0.29) is 12.2 Å². The number of Topliss-reactive ketones (excluding diaryl/α,β-unsaturated/α-hetero) is 1. The van der Waals surface area contributed by atoms with E-state index in [0.717, 1.165) is 5.56 Å². The number of hydrogen-bond donors (Lipinski definition) is 3. The summed E-state index contributed by atoms with van der Waals surface area (Å²) < 4.78 is 5.14. The zero-order valence-electron chi connectivity index (χ0n) is 17.3. The number of benzene rings is 2. The van der Waals surface area contributed by atoms with Gasteiger partial charge in [-0.2, -0.15) is 0 Å². The lowest BCUT2D eigenvalue weighted by molar-refractivity contribution is -0.134. The third-order valence-electron chi connectivity index (χ3n) is 4.73. The van der Waals surface area contributed by atoms with Gasteiger partial charge in [-0.1, -0.05) is 61.2 Å². The van der Waals surface area contributed by atoms with E-state index >= 15 is 0 Å². The van der Waals surface area contributed by atoms with Crippen molar-refractivity contribution < 1.29 is 24.5 Å². The number of hydrogen-bond acceptors (Lipinski definition) is 5. The largest absolute Gasteiger partial charge is 0.497 e. The summed E-state index contributed by atoms with van der Waals surface area (Å²) in [4.78, 5) is 25.1. The van der Waals surface area contributed by atoms with E-state index in [4.69, 9.17) is 9.84 Å². The van der Waals surface area contributed by atoms with Crippen LogP contribution in [0, 0.1) is 0 Å². The topological polar surface area (TPSA) is 95.9 Å². The smallest absolute Gasteiger partial charge is 0.252 e. The van der Waals surface area contributed by atoms with E-state index in [1.807, 2.05) is 12.1 Å². The molecule has 7 heteroatoms. The van der Waals surface area contributed by atoms with Crippen molar-refractivity contribution in [1.29, 1.82) is 0 Å². The number of carbonyl (C=O) groups excluding carboxylic acids is 2. The normalized spacial score (nSPS) is 13.4. The molecular formula is C22H29NO5Si. The molecule has 0 aliphatic carbocycles. The minimum Gasteiger partial charge on any atom is -0.497 e. The molecule has 2 atom stereocenters. The van der Waals surface area contributed by atoms with Gasteiger partial charge in [-0.05, 0) is 23.3 Å². The van der Waals surface area contributed by atoms with Crippen molar-refractivity contribution in [2.24, 2.45) is 0 Å². The highest BCUT2D eigenvalue weighted by Gasteiger charge is 2.26. The second-order valence-corrected chi connectivity index (χ2v) is 13.1. The summed E-state index contributed by atoms with van der Waals surface area (Å²) in [6.45, 7) is 6.06. The van der Waals surface area contributed by atoms with E-state index in [2.05, 4.69) is 37.1 Å². The van der Waals surface area contributed by atoms with Crippen LogP contribution in [0.3, 0.4) is 0 Å². The van der Waals surface area contributed by atoms with Crippen LogP contribution >= 0.6 is 0 Å². The van der Waals surface area contributed by atoms with E-state index < -0.39 is 32.7 Å². The molecule has 0 spiro atoms. The second kappa shape index (κ2) is 9.82. The van der Waals surface area contributed by atoms with Crippen LogP contribution in [0.1, 0.15) is 17.2 Å². The van der Waals surface area contributed by atoms with Crippen LogP contribution in [-0.4, -0.2) is 49.8 Å². The van der Waals surface area contributed by atoms with Gasteiger partial charge in [0, 0.05) is 6.42 Å². The maximum Gasteiger partial charge on any atom is 0.252 e. The first-order valence-corrected chi connectivity index (χ1v) is 13.0. The van der Waals surface area contributed by atoms with Crippen molar-refractivity contribution in [1.82, 2.24) is 5.32 Å². The van der Waals surface area contributed by atoms with Gasteiger partial charge in [0.15, 0.2) is 11.9 Å². The molecule has 2 unspecified atom stereocenters. The van der Waals surface area contributed by atoms with Crippen LogP contribution in [-0.2, 0) is 16.0 Å². The van der Waals surface area contributed by atoms with Gasteiger partial charge >= 0.3 is 0 Å². The number of rotatable bonds is 9. The molecule has 0 aliphatic rings. The average molecular weight is 416 g/mol. The zero-order valence-corrected chi connectivity index (χ0v) is 18.3. The fourth-order valence-corrected chi connectivity index (χ4v) is 4.06. The fraction of sp³-hybridized carbons (Fsp3) is 0.364. The molecular weight excluding hydrogens is 386 g/mol. The molecule has 0 bridgehead atoms. The highest BCUT2D eigenvalue weighted by molar-refractivity contribution is 6.88. The molecule has 0 fully saturated rings. The van der Waals surface area contributed by atoms with E-state index in [0.29, 0.717) is 11.3 Å². The Balaban J connectivity index is 2.24. The summed E-state index contributed by atoms with van der Waals surface area (Å²) in [5.41, 5.74) is 1.43. The van der Waals surface area contributed by atoms with Gasteiger partial charge in [0.1, 0.15) is 11.8 Å². The number of carbonyl (C=O) groups is 2. The summed E-state index contributed by atoms with van der Waals surface area (Å²) in [5, 5.41) is 22.5. The molecule has 0 aromatic heterocycles. The molecule has 0 saturated carbocycles. The van der Waals surface area contributed by atoms with Crippen molar-refractivity contribution in [3.05, 3.63) is 59.7 Å².